The molecule has 1 rings (SSSR count). The lowest BCUT2D eigenvalue weighted by atomic mass is 9.98. The van der Waals surface area contributed by atoms with Crippen LogP contribution in [0.3, 0.4) is 0 Å². The van der Waals surface area contributed by atoms with Crippen molar-refractivity contribution < 1.29 is 0 Å². The quantitative estimate of drug-likeness (QED) is 0.755. The van der Waals surface area contributed by atoms with Gasteiger partial charge in [-0.25, -0.2) is 0 Å². The van der Waals surface area contributed by atoms with E-state index in [0.717, 1.165) is 23.8 Å². The largest absolute Gasteiger partial charge is 0.313 e. The summed E-state index contributed by atoms with van der Waals surface area (Å²) in [7, 11) is 0. The van der Waals surface area contributed by atoms with E-state index < -0.39 is 0 Å². The van der Waals surface area contributed by atoms with Crippen molar-refractivity contribution in [3.05, 3.63) is 0 Å². The molecule has 0 spiro atoms. The van der Waals surface area contributed by atoms with Crippen LogP contribution in [0.2, 0.25) is 0 Å². The summed E-state index contributed by atoms with van der Waals surface area (Å²) in [6, 6.07) is 0.755. The van der Waals surface area contributed by atoms with Crippen LogP contribution >= 0.6 is 11.8 Å². The van der Waals surface area contributed by atoms with E-state index in [1.807, 2.05) is 0 Å². The number of hydrogen-bond donors (Lipinski definition) is 1. The first-order valence-corrected chi connectivity index (χ1v) is 7.14. The number of rotatable bonds is 5. The van der Waals surface area contributed by atoms with Gasteiger partial charge in [0.15, 0.2) is 0 Å². The molecule has 0 bridgehead atoms. The molecule has 2 heteroatoms. The average Bonchev–Trinajstić information content (AvgIpc) is 2.18. The summed E-state index contributed by atoms with van der Waals surface area (Å²) in [5.74, 6) is 2.20. The van der Waals surface area contributed by atoms with Gasteiger partial charge in [-0.3, -0.25) is 0 Å². The lowest BCUT2D eigenvalue weighted by molar-refractivity contribution is 0.398. The van der Waals surface area contributed by atoms with E-state index in [0.29, 0.717) is 0 Å². The summed E-state index contributed by atoms with van der Waals surface area (Å²) in [6.07, 6.45) is 5.64. The Labute approximate surface area is 93.4 Å². The van der Waals surface area contributed by atoms with Gasteiger partial charge in [0.1, 0.15) is 0 Å². The van der Waals surface area contributed by atoms with Crippen LogP contribution in [-0.2, 0) is 0 Å². The van der Waals surface area contributed by atoms with Crippen LogP contribution in [0.5, 0.6) is 0 Å². The van der Waals surface area contributed by atoms with Crippen molar-refractivity contribution in [1.29, 1.82) is 0 Å². The molecular weight excluding hydrogens is 190 g/mol. The molecule has 1 fully saturated rings. The summed E-state index contributed by atoms with van der Waals surface area (Å²) in [6.45, 7) is 8.00. The molecule has 1 nitrogen and oxygen atoms in total. The highest BCUT2D eigenvalue weighted by Gasteiger charge is 2.23. The second kappa shape index (κ2) is 6.73. The Morgan fingerprint density at radius 2 is 2.14 bits per heavy atom. The van der Waals surface area contributed by atoms with E-state index in [9.17, 15) is 0 Å². The maximum Gasteiger partial charge on any atom is 0.0201 e. The average molecular weight is 215 g/mol. The summed E-state index contributed by atoms with van der Waals surface area (Å²) in [5.41, 5.74) is 0. The van der Waals surface area contributed by atoms with E-state index in [1.165, 1.54) is 31.4 Å². The van der Waals surface area contributed by atoms with Crippen molar-refractivity contribution in [3.8, 4) is 0 Å². The van der Waals surface area contributed by atoms with Crippen LogP contribution < -0.4 is 5.32 Å². The van der Waals surface area contributed by atoms with E-state index in [4.69, 9.17) is 0 Å². The summed E-state index contributed by atoms with van der Waals surface area (Å²) < 4.78 is 0. The Bertz CT molecular complexity index is 141. The second-order valence-electron chi connectivity index (χ2n) is 4.70. The minimum atomic E-state index is 0.755. The number of hydrogen-bond acceptors (Lipinski definition) is 2. The predicted molar refractivity (Wildman–Crippen MR) is 67.0 cm³/mol. The predicted octanol–water partition coefficient (Wildman–Crippen LogP) is 3.30. The third-order valence-electron chi connectivity index (χ3n) is 2.86. The molecule has 84 valence electrons. The summed E-state index contributed by atoms with van der Waals surface area (Å²) in [5, 5.41) is 4.54. The molecule has 14 heavy (non-hydrogen) atoms. The van der Waals surface area contributed by atoms with E-state index in [-0.39, 0.29) is 0 Å². The van der Waals surface area contributed by atoms with Crippen LogP contribution in [-0.4, -0.2) is 23.6 Å². The molecular formula is C12H25NS. The molecule has 0 aromatic carbocycles. The first-order chi connectivity index (χ1) is 6.74. The van der Waals surface area contributed by atoms with Gasteiger partial charge in [-0.05, 0) is 37.5 Å². The lowest BCUT2D eigenvalue weighted by Gasteiger charge is -2.31. The van der Waals surface area contributed by atoms with Gasteiger partial charge < -0.3 is 5.32 Å². The molecule has 0 aromatic rings. The van der Waals surface area contributed by atoms with E-state index >= 15 is 0 Å². The molecule has 0 amide bonds. The van der Waals surface area contributed by atoms with Crippen LogP contribution in [0.1, 0.15) is 46.5 Å². The van der Waals surface area contributed by atoms with Gasteiger partial charge in [0, 0.05) is 11.3 Å². The molecule has 1 aliphatic heterocycles. The van der Waals surface area contributed by atoms with Crippen LogP contribution in [0.15, 0.2) is 0 Å². The van der Waals surface area contributed by atoms with Gasteiger partial charge >= 0.3 is 0 Å². The molecule has 0 aliphatic carbocycles. The molecule has 0 saturated carbocycles. The third kappa shape index (κ3) is 4.22. The normalized spacial score (nSPS) is 25.3. The first kappa shape index (κ1) is 12.4. The monoisotopic (exact) mass is 215 g/mol. The zero-order chi connectivity index (χ0) is 10.4. The van der Waals surface area contributed by atoms with Gasteiger partial charge in [0.2, 0.25) is 0 Å². The molecule has 1 saturated heterocycles. The Morgan fingerprint density at radius 1 is 1.36 bits per heavy atom. The highest BCUT2D eigenvalue weighted by Crippen LogP contribution is 2.29. The van der Waals surface area contributed by atoms with Gasteiger partial charge in [-0.15, -0.1) is 0 Å². The Morgan fingerprint density at radius 3 is 2.64 bits per heavy atom. The van der Waals surface area contributed by atoms with Crippen LogP contribution in [0.4, 0.5) is 0 Å². The van der Waals surface area contributed by atoms with E-state index in [2.05, 4.69) is 37.8 Å². The Hall–Kier alpha value is 0.310. The standard InChI is InChI=1S/C12H25NS/c1-4-13-11(9-10(2)3)12-7-5-6-8-14-12/h10-13H,4-9H2,1-3H3. The summed E-state index contributed by atoms with van der Waals surface area (Å²) in [4.78, 5) is 0. The van der Waals surface area contributed by atoms with Crippen molar-refractivity contribution in [2.45, 2.75) is 57.7 Å². The smallest absolute Gasteiger partial charge is 0.0201 e. The molecule has 2 atom stereocenters. The minimum Gasteiger partial charge on any atom is -0.313 e. The van der Waals surface area contributed by atoms with Crippen molar-refractivity contribution in [1.82, 2.24) is 5.32 Å². The molecule has 2 unspecified atom stereocenters. The molecule has 1 aliphatic rings. The molecule has 0 radical (unpaired) electrons. The maximum absolute atomic E-state index is 3.66. The maximum atomic E-state index is 3.66. The lowest BCUT2D eigenvalue weighted by Crippen LogP contribution is -2.40. The second-order valence-corrected chi connectivity index (χ2v) is 6.05. The zero-order valence-corrected chi connectivity index (χ0v) is 10.7. The van der Waals surface area contributed by atoms with Crippen LogP contribution in [0.25, 0.3) is 0 Å². The topological polar surface area (TPSA) is 12.0 Å². The van der Waals surface area contributed by atoms with Gasteiger partial charge in [-0.2, -0.15) is 11.8 Å². The van der Waals surface area contributed by atoms with Crippen molar-refractivity contribution in [2.24, 2.45) is 5.92 Å². The third-order valence-corrected chi connectivity index (χ3v) is 4.37. The number of nitrogens with one attached hydrogen (secondary N) is 1. The van der Waals surface area contributed by atoms with Crippen molar-refractivity contribution >= 4 is 11.8 Å². The number of thioether (sulfide) groups is 1. The Kier molecular flexibility index (Phi) is 5.95. The van der Waals surface area contributed by atoms with Gasteiger partial charge in [0.25, 0.3) is 0 Å². The molecule has 0 aromatic heterocycles. The fraction of sp³-hybridized carbons (Fsp3) is 1.00. The van der Waals surface area contributed by atoms with Gasteiger partial charge in [-0.1, -0.05) is 27.2 Å². The zero-order valence-electron chi connectivity index (χ0n) is 9.88. The minimum absolute atomic E-state index is 0.755. The Balaban J connectivity index is 2.38. The molecule has 1 heterocycles. The highest BCUT2D eigenvalue weighted by molar-refractivity contribution is 8.00. The molecule has 1 N–H and O–H groups in total. The SMILES string of the molecule is CCNC(CC(C)C)C1CCCCS1. The highest BCUT2D eigenvalue weighted by atomic mass is 32.2. The van der Waals surface area contributed by atoms with Crippen molar-refractivity contribution in [2.75, 3.05) is 12.3 Å². The fourth-order valence-electron chi connectivity index (χ4n) is 2.22. The van der Waals surface area contributed by atoms with E-state index in [1.54, 1.807) is 0 Å². The fourth-order valence-corrected chi connectivity index (χ4v) is 3.67. The van der Waals surface area contributed by atoms with Gasteiger partial charge in [0.05, 0.1) is 0 Å². The van der Waals surface area contributed by atoms with Crippen LogP contribution in [0, 0.1) is 5.92 Å². The van der Waals surface area contributed by atoms with Crippen molar-refractivity contribution in [3.63, 3.8) is 0 Å². The summed E-state index contributed by atoms with van der Waals surface area (Å²) >= 11 is 2.19. The first-order valence-electron chi connectivity index (χ1n) is 6.09.